The number of aryl methyl sites for hydroxylation is 1. The minimum Gasteiger partial charge on any atom is -0.302 e. The fraction of sp³-hybridized carbons (Fsp3) is 0.333. The van der Waals surface area contributed by atoms with E-state index in [1.807, 2.05) is 17.5 Å². The van der Waals surface area contributed by atoms with E-state index in [0.717, 1.165) is 17.7 Å². The van der Waals surface area contributed by atoms with Crippen molar-refractivity contribution in [3.8, 4) is 11.3 Å². The van der Waals surface area contributed by atoms with E-state index in [1.54, 1.807) is 17.5 Å². The Kier molecular flexibility index (Phi) is 6.33. The number of carbonyl (C=O) groups is 1. The zero-order valence-corrected chi connectivity index (χ0v) is 19.0. The van der Waals surface area contributed by atoms with Gasteiger partial charge in [-0.3, -0.25) is 4.79 Å². The number of sulfonamides is 1. The summed E-state index contributed by atoms with van der Waals surface area (Å²) >= 11 is 2.58. The van der Waals surface area contributed by atoms with Crippen LogP contribution < -0.4 is 5.32 Å². The lowest BCUT2D eigenvalue weighted by Gasteiger charge is -2.30. The average molecular weight is 462 g/mol. The maximum Gasteiger partial charge on any atom is 0.252 e. The van der Waals surface area contributed by atoms with Gasteiger partial charge in [0, 0.05) is 24.0 Å². The number of amides is 1. The van der Waals surface area contributed by atoms with Crippen molar-refractivity contribution in [2.24, 2.45) is 5.92 Å². The Balaban J connectivity index is 1.42. The fourth-order valence-corrected chi connectivity index (χ4v) is 6.89. The molecule has 1 unspecified atom stereocenters. The van der Waals surface area contributed by atoms with Crippen LogP contribution in [-0.4, -0.2) is 36.7 Å². The number of hydrogen-bond donors (Lipinski definition) is 1. The van der Waals surface area contributed by atoms with Crippen LogP contribution in [0.1, 0.15) is 25.3 Å². The van der Waals surface area contributed by atoms with Crippen molar-refractivity contribution in [1.82, 2.24) is 9.29 Å². The molecule has 1 fully saturated rings. The molecule has 3 heterocycles. The first-order chi connectivity index (χ1) is 14.5. The van der Waals surface area contributed by atoms with Crippen molar-refractivity contribution in [1.29, 1.82) is 0 Å². The molecule has 6 nitrogen and oxygen atoms in total. The Bertz CT molecular complexity index is 1110. The highest BCUT2D eigenvalue weighted by Gasteiger charge is 2.34. The van der Waals surface area contributed by atoms with E-state index in [-0.39, 0.29) is 18.4 Å². The smallest absolute Gasteiger partial charge is 0.252 e. The molecule has 1 atom stereocenters. The van der Waals surface area contributed by atoms with Gasteiger partial charge in [0.2, 0.25) is 5.91 Å². The lowest BCUT2D eigenvalue weighted by atomic mass is 9.99. The zero-order chi connectivity index (χ0) is 21.1. The number of nitrogens with zero attached hydrogens (tertiary/aromatic N) is 2. The maximum atomic E-state index is 12.8. The second-order valence-corrected chi connectivity index (χ2v) is 11.2. The molecule has 1 saturated heterocycles. The lowest BCUT2D eigenvalue weighted by molar-refractivity contribution is -0.120. The number of nitrogens with one attached hydrogen (secondary N) is 1. The zero-order valence-electron chi connectivity index (χ0n) is 16.6. The summed E-state index contributed by atoms with van der Waals surface area (Å²) in [4.78, 5) is 17.3. The van der Waals surface area contributed by atoms with Crippen molar-refractivity contribution in [3.63, 3.8) is 0 Å². The van der Waals surface area contributed by atoms with Crippen LogP contribution in [0.15, 0.2) is 51.4 Å². The van der Waals surface area contributed by atoms with Crippen molar-refractivity contribution < 1.29 is 13.2 Å². The first-order valence-corrected chi connectivity index (χ1v) is 13.1. The summed E-state index contributed by atoms with van der Waals surface area (Å²) in [7, 11) is -3.54. The first kappa shape index (κ1) is 21.2. The molecule has 0 saturated carbocycles. The van der Waals surface area contributed by atoms with E-state index >= 15 is 0 Å². The minimum atomic E-state index is -3.54. The normalized spacial score (nSPS) is 17.7. The lowest BCUT2D eigenvalue weighted by Crippen LogP contribution is -2.43. The summed E-state index contributed by atoms with van der Waals surface area (Å²) in [5.74, 6) is -0.562. The van der Waals surface area contributed by atoms with Gasteiger partial charge in [-0.05, 0) is 36.3 Å². The van der Waals surface area contributed by atoms with Crippen molar-refractivity contribution in [2.75, 3.05) is 18.4 Å². The third-order valence-electron chi connectivity index (χ3n) is 5.24. The van der Waals surface area contributed by atoms with Gasteiger partial charge in [-0.2, -0.15) is 4.31 Å². The quantitative estimate of drug-likeness (QED) is 0.587. The Morgan fingerprint density at radius 1 is 1.23 bits per heavy atom. The van der Waals surface area contributed by atoms with E-state index in [2.05, 4.69) is 29.4 Å². The molecule has 1 aliphatic heterocycles. The topological polar surface area (TPSA) is 79.4 Å². The van der Waals surface area contributed by atoms with E-state index in [9.17, 15) is 13.2 Å². The average Bonchev–Trinajstić information content (AvgIpc) is 3.47. The molecule has 158 valence electrons. The predicted octanol–water partition coefficient (Wildman–Crippen LogP) is 4.47. The van der Waals surface area contributed by atoms with Gasteiger partial charge in [0.05, 0.1) is 11.6 Å². The molecular weight excluding hydrogens is 438 g/mol. The summed E-state index contributed by atoms with van der Waals surface area (Å²) in [6.07, 6.45) is 2.31. The highest BCUT2D eigenvalue weighted by atomic mass is 32.2. The molecule has 3 aromatic rings. The number of anilines is 1. The van der Waals surface area contributed by atoms with Crippen LogP contribution >= 0.6 is 22.7 Å². The fourth-order valence-electron chi connectivity index (χ4n) is 3.49. The summed E-state index contributed by atoms with van der Waals surface area (Å²) < 4.78 is 27.3. The molecule has 0 radical (unpaired) electrons. The summed E-state index contributed by atoms with van der Waals surface area (Å²) in [6, 6.07) is 11.6. The molecule has 1 aromatic carbocycles. The molecule has 2 aromatic heterocycles. The molecule has 0 spiro atoms. The number of benzene rings is 1. The molecule has 1 N–H and O–H groups in total. The van der Waals surface area contributed by atoms with Crippen LogP contribution in [-0.2, 0) is 21.2 Å². The number of thiophene rings is 1. The third kappa shape index (κ3) is 4.49. The third-order valence-corrected chi connectivity index (χ3v) is 9.23. The van der Waals surface area contributed by atoms with Gasteiger partial charge in [0.15, 0.2) is 5.13 Å². The van der Waals surface area contributed by atoms with Gasteiger partial charge in [-0.1, -0.05) is 37.3 Å². The van der Waals surface area contributed by atoms with E-state index in [1.165, 1.54) is 32.5 Å². The molecule has 0 bridgehead atoms. The monoisotopic (exact) mass is 461 g/mol. The van der Waals surface area contributed by atoms with Gasteiger partial charge in [0.1, 0.15) is 4.21 Å². The van der Waals surface area contributed by atoms with Crippen LogP contribution in [0, 0.1) is 5.92 Å². The van der Waals surface area contributed by atoms with Gasteiger partial charge in [-0.15, -0.1) is 22.7 Å². The van der Waals surface area contributed by atoms with Crippen LogP contribution in [0.3, 0.4) is 0 Å². The first-order valence-electron chi connectivity index (χ1n) is 9.86. The van der Waals surface area contributed by atoms with Crippen molar-refractivity contribution >= 4 is 43.7 Å². The predicted molar refractivity (Wildman–Crippen MR) is 121 cm³/mol. The molecule has 4 rings (SSSR count). The van der Waals surface area contributed by atoms with E-state index in [0.29, 0.717) is 28.7 Å². The van der Waals surface area contributed by atoms with Crippen LogP contribution in [0.5, 0.6) is 0 Å². The molecule has 9 heteroatoms. The number of hydrogen-bond acceptors (Lipinski definition) is 6. The van der Waals surface area contributed by atoms with E-state index < -0.39 is 10.0 Å². The highest BCUT2D eigenvalue weighted by molar-refractivity contribution is 7.91. The molecular formula is C21H23N3O3S3. The Hall–Kier alpha value is -2.07. The van der Waals surface area contributed by atoms with Crippen LogP contribution in [0.25, 0.3) is 11.3 Å². The van der Waals surface area contributed by atoms with Crippen LogP contribution in [0.2, 0.25) is 0 Å². The second kappa shape index (κ2) is 8.97. The van der Waals surface area contributed by atoms with Gasteiger partial charge >= 0.3 is 0 Å². The van der Waals surface area contributed by atoms with Crippen LogP contribution in [0.4, 0.5) is 5.13 Å². The largest absolute Gasteiger partial charge is 0.302 e. The number of carbonyl (C=O) groups excluding carboxylic acids is 1. The maximum absolute atomic E-state index is 12.8. The number of piperidine rings is 1. The summed E-state index contributed by atoms with van der Waals surface area (Å²) in [5.41, 5.74) is 3.10. The molecule has 1 aliphatic rings. The molecule has 30 heavy (non-hydrogen) atoms. The Labute approximate surface area is 184 Å². The van der Waals surface area contributed by atoms with Gasteiger partial charge in [0.25, 0.3) is 10.0 Å². The molecule has 0 aliphatic carbocycles. The number of rotatable bonds is 6. The summed E-state index contributed by atoms with van der Waals surface area (Å²) in [5, 5.41) is 7.08. The van der Waals surface area contributed by atoms with Gasteiger partial charge in [-0.25, -0.2) is 13.4 Å². The Morgan fingerprint density at radius 2 is 2.03 bits per heavy atom. The molecule has 1 amide bonds. The SMILES string of the molecule is CCc1ccc(-c2csc(NC(=O)C3CCCN(S(=O)(=O)c4cccs4)C3)n2)cc1. The highest BCUT2D eigenvalue weighted by Crippen LogP contribution is 2.29. The number of aromatic nitrogens is 1. The number of thiazole rings is 1. The second-order valence-electron chi connectivity index (χ2n) is 7.21. The van der Waals surface area contributed by atoms with Crippen molar-refractivity contribution in [2.45, 2.75) is 30.4 Å². The van der Waals surface area contributed by atoms with Crippen molar-refractivity contribution in [3.05, 3.63) is 52.7 Å². The summed E-state index contributed by atoms with van der Waals surface area (Å²) in [6.45, 7) is 2.76. The van der Waals surface area contributed by atoms with Gasteiger partial charge < -0.3 is 5.32 Å². The Morgan fingerprint density at radius 3 is 2.73 bits per heavy atom. The van der Waals surface area contributed by atoms with E-state index in [4.69, 9.17) is 0 Å². The standard InChI is InChI=1S/C21H23N3O3S3/c1-2-15-7-9-16(10-8-15)18-14-29-21(22-18)23-20(25)17-5-3-11-24(13-17)30(26,27)19-6-4-12-28-19/h4,6-10,12,14,17H,2-3,5,11,13H2,1H3,(H,22,23,25). The minimum absolute atomic E-state index is 0.177.